The standard InChI is InChI=1S/C11H17.2ClH.Hf/c1-7-8(2)10(4)11(5,6)9(7)3;;;/h5H2,1-4,6H3;2*1H;/q-1;;;/p-2. The summed E-state index contributed by atoms with van der Waals surface area (Å²) in [6, 6.07) is 0. The maximum Gasteiger partial charge on any atom is 0 e. The Morgan fingerprint density at radius 2 is 1.07 bits per heavy atom. The molecule has 0 amide bonds. The summed E-state index contributed by atoms with van der Waals surface area (Å²) >= 11 is 0. The first-order chi connectivity index (χ1) is 4.89. The maximum absolute atomic E-state index is 4.22. The fourth-order valence-corrected chi connectivity index (χ4v) is 1.67. The molecule has 0 bridgehead atoms. The van der Waals surface area contributed by atoms with Gasteiger partial charge in [0.2, 0.25) is 0 Å². The van der Waals surface area contributed by atoms with Crippen molar-refractivity contribution in [1.82, 2.24) is 0 Å². The van der Waals surface area contributed by atoms with E-state index in [1.165, 1.54) is 22.3 Å². The molecule has 1 rings (SSSR count). The molecule has 0 aromatic heterocycles. The summed E-state index contributed by atoms with van der Waals surface area (Å²) in [5, 5.41) is 0. The summed E-state index contributed by atoms with van der Waals surface area (Å²) in [7, 11) is 0. The third-order valence-corrected chi connectivity index (χ3v) is 3.34. The van der Waals surface area contributed by atoms with E-state index in [1.54, 1.807) is 0 Å². The first-order valence-electron chi connectivity index (χ1n) is 4.10. The van der Waals surface area contributed by atoms with E-state index >= 15 is 0 Å². The van der Waals surface area contributed by atoms with Crippen LogP contribution in [-0.2, 0) is 25.8 Å². The number of hydrogen-bond acceptors (Lipinski definition) is 0. The average molecular weight is 399 g/mol. The van der Waals surface area contributed by atoms with Crippen LogP contribution in [0.25, 0.3) is 0 Å². The van der Waals surface area contributed by atoms with Crippen molar-refractivity contribution in [1.29, 1.82) is 0 Å². The number of halogens is 2. The molecule has 0 N–H and O–H groups in total. The van der Waals surface area contributed by atoms with Gasteiger partial charge in [-0.2, -0.15) is 0 Å². The monoisotopic (exact) mass is 399 g/mol. The van der Waals surface area contributed by atoms with Gasteiger partial charge in [-0.05, 0) is 27.7 Å². The molecule has 0 nitrogen and oxygen atoms in total. The second kappa shape index (κ2) is 6.50. The molecule has 0 aliphatic heterocycles. The summed E-state index contributed by atoms with van der Waals surface area (Å²) < 4.78 is 0. The van der Waals surface area contributed by atoms with Gasteiger partial charge in [-0.1, -0.05) is 29.2 Å². The van der Waals surface area contributed by atoms with Crippen molar-refractivity contribution >= 4 is 0 Å². The molecule has 0 atom stereocenters. The third-order valence-electron chi connectivity index (χ3n) is 3.34. The van der Waals surface area contributed by atoms with Gasteiger partial charge in [0, 0.05) is 25.8 Å². The summed E-state index contributed by atoms with van der Waals surface area (Å²) in [6.45, 7) is 15.1. The van der Waals surface area contributed by atoms with E-state index in [1.807, 2.05) is 0 Å². The van der Waals surface area contributed by atoms with Gasteiger partial charge in [0.05, 0.1) is 0 Å². The Hall–Kier alpha value is 0.930. The van der Waals surface area contributed by atoms with Crippen LogP contribution >= 0.6 is 0 Å². The molecule has 1 aliphatic rings. The molecule has 0 fully saturated rings. The van der Waals surface area contributed by atoms with E-state index in [2.05, 4.69) is 41.5 Å². The molecule has 3 heteroatoms. The predicted octanol–water partition coefficient (Wildman–Crippen LogP) is -2.48. The Morgan fingerprint density at radius 3 is 1.14 bits per heavy atom. The van der Waals surface area contributed by atoms with Crippen molar-refractivity contribution in [3.05, 3.63) is 29.2 Å². The second-order valence-electron chi connectivity index (χ2n) is 3.83. The Morgan fingerprint density at radius 1 is 0.857 bits per heavy atom. The van der Waals surface area contributed by atoms with Gasteiger partial charge in [0.25, 0.3) is 0 Å². The number of hydrogen-bond donors (Lipinski definition) is 0. The minimum absolute atomic E-state index is 0. The first-order valence-corrected chi connectivity index (χ1v) is 4.10. The third kappa shape index (κ3) is 2.96. The van der Waals surface area contributed by atoms with Crippen LogP contribution in [0.3, 0.4) is 0 Å². The maximum atomic E-state index is 4.22. The van der Waals surface area contributed by atoms with Crippen LogP contribution in [0.2, 0.25) is 0 Å². The van der Waals surface area contributed by atoms with E-state index in [0.29, 0.717) is 0 Å². The molecule has 0 saturated heterocycles. The molecular formula is C11H17Cl2Hf-3. The molecule has 0 heterocycles. The van der Waals surface area contributed by atoms with Crippen LogP contribution in [0.4, 0.5) is 0 Å². The van der Waals surface area contributed by atoms with Gasteiger partial charge in [0.15, 0.2) is 0 Å². The Kier molecular flexibility index (Phi) is 9.45. The van der Waals surface area contributed by atoms with Crippen molar-refractivity contribution in [3.8, 4) is 0 Å². The van der Waals surface area contributed by atoms with Crippen LogP contribution in [0.5, 0.6) is 0 Å². The van der Waals surface area contributed by atoms with Crippen molar-refractivity contribution in [3.63, 3.8) is 0 Å². The number of allylic oxidation sites excluding steroid dienone is 4. The zero-order valence-corrected chi connectivity index (χ0v) is 14.6. The minimum atomic E-state index is 0. The molecule has 0 saturated carbocycles. The van der Waals surface area contributed by atoms with E-state index in [9.17, 15) is 0 Å². The fraction of sp³-hybridized carbons (Fsp3) is 0.545. The molecule has 1 aliphatic carbocycles. The summed E-state index contributed by atoms with van der Waals surface area (Å²) in [5.74, 6) is 0. The van der Waals surface area contributed by atoms with Gasteiger partial charge in [-0.3, -0.25) is 0 Å². The quantitative estimate of drug-likeness (QED) is 0.313. The second-order valence-corrected chi connectivity index (χ2v) is 3.83. The summed E-state index contributed by atoms with van der Waals surface area (Å²) in [4.78, 5) is 0. The zero-order chi connectivity index (χ0) is 8.81. The van der Waals surface area contributed by atoms with Crippen LogP contribution in [-0.4, -0.2) is 0 Å². The van der Waals surface area contributed by atoms with Gasteiger partial charge in [-0.15, -0.1) is 5.41 Å². The zero-order valence-electron chi connectivity index (χ0n) is 9.46. The SMILES string of the molecule is [CH2-]C1(C)C(C)=C(C)C(C)=C1C.[Cl-].[Cl-].[Hf]. The molecule has 0 radical (unpaired) electrons. The van der Waals surface area contributed by atoms with Crippen LogP contribution in [0, 0.1) is 12.3 Å². The van der Waals surface area contributed by atoms with Crippen LogP contribution < -0.4 is 24.8 Å². The van der Waals surface area contributed by atoms with Gasteiger partial charge in [-0.25, -0.2) is 0 Å². The predicted molar refractivity (Wildman–Crippen MR) is 50.2 cm³/mol. The molecule has 0 aromatic carbocycles. The van der Waals surface area contributed by atoms with E-state index in [-0.39, 0.29) is 56.1 Å². The molecule has 14 heavy (non-hydrogen) atoms. The molecule has 0 unspecified atom stereocenters. The van der Waals surface area contributed by atoms with Crippen molar-refractivity contribution in [2.75, 3.05) is 0 Å². The fourth-order valence-electron chi connectivity index (χ4n) is 1.67. The van der Waals surface area contributed by atoms with Crippen LogP contribution in [0.1, 0.15) is 34.6 Å². The topological polar surface area (TPSA) is 0 Å². The molecule has 0 spiro atoms. The first kappa shape index (κ1) is 20.4. The average Bonchev–Trinajstić information content (AvgIpc) is 2.06. The van der Waals surface area contributed by atoms with E-state index < -0.39 is 0 Å². The summed E-state index contributed by atoms with van der Waals surface area (Å²) in [5.41, 5.74) is 5.77. The van der Waals surface area contributed by atoms with Gasteiger partial charge in [0.1, 0.15) is 0 Å². The Balaban J connectivity index is -0.000000403. The molecule has 82 valence electrons. The Labute approximate surface area is 119 Å². The van der Waals surface area contributed by atoms with Crippen LogP contribution in [0.15, 0.2) is 22.3 Å². The smallest absolute Gasteiger partial charge is 0 e. The Bertz CT molecular complexity index is 236. The van der Waals surface area contributed by atoms with Gasteiger partial charge >= 0.3 is 0 Å². The largest absolute Gasteiger partial charge is 1.00 e. The van der Waals surface area contributed by atoms with Gasteiger partial charge < -0.3 is 31.7 Å². The van der Waals surface area contributed by atoms with Crippen molar-refractivity contribution < 1.29 is 50.7 Å². The van der Waals surface area contributed by atoms with Crippen molar-refractivity contribution in [2.45, 2.75) is 34.6 Å². The molecular weight excluding hydrogens is 382 g/mol. The number of rotatable bonds is 0. The minimum Gasteiger partial charge on any atom is -1.00 e. The van der Waals surface area contributed by atoms with E-state index in [0.717, 1.165) is 0 Å². The van der Waals surface area contributed by atoms with Crippen molar-refractivity contribution in [2.24, 2.45) is 5.41 Å². The molecule has 0 aromatic rings. The normalized spacial score (nSPS) is 18.4. The van der Waals surface area contributed by atoms with E-state index in [4.69, 9.17) is 0 Å². The summed E-state index contributed by atoms with van der Waals surface area (Å²) in [6.07, 6.45) is 0.